The van der Waals surface area contributed by atoms with Gasteiger partial charge < -0.3 is 10.6 Å². The van der Waals surface area contributed by atoms with Gasteiger partial charge in [0.25, 0.3) is 5.91 Å². The molecule has 0 radical (unpaired) electrons. The Balaban J connectivity index is 2.16. The van der Waals surface area contributed by atoms with E-state index in [2.05, 4.69) is 10.2 Å². The largest absolute Gasteiger partial charge is 0.395 e. The maximum atomic E-state index is 12.0. The van der Waals surface area contributed by atoms with Crippen molar-refractivity contribution in [1.29, 1.82) is 0 Å². The second-order valence-corrected chi connectivity index (χ2v) is 4.74. The number of hydrogen-bond donors (Lipinski definition) is 2. The first kappa shape index (κ1) is 10.4. The number of carbonyl (C=O) groups is 1. The van der Waals surface area contributed by atoms with Gasteiger partial charge in [0.1, 0.15) is 0 Å². The Bertz CT molecular complexity index is 370. The average Bonchev–Trinajstić information content (AvgIpc) is 2.60. The van der Waals surface area contributed by atoms with Crippen molar-refractivity contribution in [3.63, 3.8) is 0 Å². The second-order valence-electron chi connectivity index (χ2n) is 3.52. The van der Waals surface area contributed by atoms with Gasteiger partial charge in [-0.2, -0.15) is 16.9 Å². The van der Waals surface area contributed by atoms with Crippen LogP contribution in [0.25, 0.3) is 0 Å². The summed E-state index contributed by atoms with van der Waals surface area (Å²) in [6.45, 7) is 3.38. The molecule has 0 aliphatic carbocycles. The van der Waals surface area contributed by atoms with Crippen molar-refractivity contribution < 1.29 is 4.79 Å². The summed E-state index contributed by atoms with van der Waals surface area (Å²) in [6.07, 6.45) is 0. The van der Waals surface area contributed by atoms with E-state index in [1.807, 2.05) is 23.6 Å². The number of anilines is 1. The fourth-order valence-electron chi connectivity index (χ4n) is 1.52. The molecule has 0 spiro atoms. The van der Waals surface area contributed by atoms with E-state index < -0.39 is 0 Å². The summed E-state index contributed by atoms with van der Waals surface area (Å²) in [5, 5.41) is 6.67. The Morgan fingerprint density at radius 2 is 2.20 bits per heavy atom. The maximum Gasteiger partial charge on any atom is 0.276 e. The summed E-state index contributed by atoms with van der Waals surface area (Å²) in [5.41, 5.74) is 7.35. The van der Waals surface area contributed by atoms with Crippen LogP contribution in [0.3, 0.4) is 0 Å². The summed E-state index contributed by atoms with van der Waals surface area (Å²) in [4.78, 5) is 13.8. The van der Waals surface area contributed by atoms with Crippen molar-refractivity contribution in [1.82, 2.24) is 15.1 Å². The van der Waals surface area contributed by atoms with E-state index >= 15 is 0 Å². The molecular weight excluding hydrogens is 212 g/mol. The van der Waals surface area contributed by atoms with E-state index in [0.717, 1.165) is 30.3 Å². The van der Waals surface area contributed by atoms with Crippen molar-refractivity contribution in [3.05, 3.63) is 11.4 Å². The molecule has 0 saturated carbocycles. The zero-order valence-electron chi connectivity index (χ0n) is 8.62. The van der Waals surface area contributed by atoms with Gasteiger partial charge in [-0.05, 0) is 6.92 Å². The highest BCUT2D eigenvalue weighted by atomic mass is 32.2. The van der Waals surface area contributed by atoms with Gasteiger partial charge in [-0.15, -0.1) is 0 Å². The third kappa shape index (κ3) is 1.94. The van der Waals surface area contributed by atoms with Crippen LogP contribution in [0.2, 0.25) is 0 Å². The van der Waals surface area contributed by atoms with Gasteiger partial charge in [0.05, 0.1) is 11.4 Å². The van der Waals surface area contributed by atoms with Gasteiger partial charge in [-0.1, -0.05) is 0 Å². The lowest BCUT2D eigenvalue weighted by Crippen LogP contribution is -2.38. The molecule has 1 aliphatic heterocycles. The number of rotatable bonds is 1. The topological polar surface area (TPSA) is 75.0 Å². The molecule has 1 amide bonds. The summed E-state index contributed by atoms with van der Waals surface area (Å²) in [6, 6.07) is 0. The van der Waals surface area contributed by atoms with Crippen molar-refractivity contribution in [3.8, 4) is 0 Å². The van der Waals surface area contributed by atoms with Crippen molar-refractivity contribution in [2.24, 2.45) is 0 Å². The Morgan fingerprint density at radius 1 is 1.53 bits per heavy atom. The molecule has 2 heterocycles. The summed E-state index contributed by atoms with van der Waals surface area (Å²) >= 11 is 1.87. The number of nitrogens with two attached hydrogens (primary N) is 1. The number of nitrogens with zero attached hydrogens (tertiary/aromatic N) is 2. The molecule has 6 heteroatoms. The molecule has 3 N–H and O–H groups in total. The number of aromatic amines is 1. The average molecular weight is 226 g/mol. The SMILES string of the molecule is Cc1[nH]nc(C(=O)N2CCSCC2)c1N. The number of hydrogen-bond acceptors (Lipinski definition) is 4. The maximum absolute atomic E-state index is 12.0. The van der Waals surface area contributed by atoms with Gasteiger partial charge in [0, 0.05) is 24.6 Å². The number of nitrogens with one attached hydrogen (secondary N) is 1. The van der Waals surface area contributed by atoms with E-state index in [4.69, 9.17) is 5.73 Å². The van der Waals surface area contributed by atoms with Crippen LogP contribution in [0.5, 0.6) is 0 Å². The summed E-state index contributed by atoms with van der Waals surface area (Å²) in [7, 11) is 0. The second kappa shape index (κ2) is 4.14. The van der Waals surface area contributed by atoms with Gasteiger partial charge in [0.2, 0.25) is 0 Å². The van der Waals surface area contributed by atoms with E-state index in [0.29, 0.717) is 11.4 Å². The molecule has 1 saturated heterocycles. The first-order valence-electron chi connectivity index (χ1n) is 4.87. The predicted molar refractivity (Wildman–Crippen MR) is 61.0 cm³/mol. The van der Waals surface area contributed by atoms with Crippen LogP contribution in [0.4, 0.5) is 5.69 Å². The number of thioether (sulfide) groups is 1. The Kier molecular flexibility index (Phi) is 2.86. The fourth-order valence-corrected chi connectivity index (χ4v) is 2.42. The first-order valence-corrected chi connectivity index (χ1v) is 6.03. The van der Waals surface area contributed by atoms with Crippen molar-refractivity contribution in [2.45, 2.75) is 6.92 Å². The zero-order chi connectivity index (χ0) is 10.8. The van der Waals surface area contributed by atoms with E-state index in [-0.39, 0.29) is 5.91 Å². The number of H-pyrrole nitrogens is 1. The van der Waals surface area contributed by atoms with Gasteiger partial charge in [-0.25, -0.2) is 0 Å². The van der Waals surface area contributed by atoms with Crippen LogP contribution < -0.4 is 5.73 Å². The minimum atomic E-state index is -0.0582. The van der Waals surface area contributed by atoms with Crippen LogP contribution in [-0.4, -0.2) is 45.6 Å². The Morgan fingerprint density at radius 3 is 2.73 bits per heavy atom. The Hall–Kier alpha value is -1.17. The molecule has 1 aromatic heterocycles. The van der Waals surface area contributed by atoms with E-state index in [9.17, 15) is 4.79 Å². The standard InChI is InChI=1S/C9H14N4OS/c1-6-7(10)8(12-11-6)9(14)13-2-4-15-5-3-13/h2-5,10H2,1H3,(H,11,12). The normalized spacial score (nSPS) is 16.7. The number of carbonyl (C=O) groups excluding carboxylic acids is 1. The fraction of sp³-hybridized carbons (Fsp3) is 0.556. The lowest BCUT2D eigenvalue weighted by Gasteiger charge is -2.25. The Labute approximate surface area is 92.4 Å². The third-order valence-corrected chi connectivity index (χ3v) is 3.44. The van der Waals surface area contributed by atoms with Crippen LogP contribution in [0.1, 0.15) is 16.2 Å². The first-order chi connectivity index (χ1) is 7.20. The van der Waals surface area contributed by atoms with Gasteiger partial charge >= 0.3 is 0 Å². The number of aromatic nitrogens is 2. The van der Waals surface area contributed by atoms with E-state index in [1.54, 1.807) is 0 Å². The molecule has 1 aromatic rings. The monoisotopic (exact) mass is 226 g/mol. The van der Waals surface area contributed by atoms with Gasteiger partial charge in [0.15, 0.2) is 5.69 Å². The van der Waals surface area contributed by atoms with Gasteiger partial charge in [-0.3, -0.25) is 9.89 Å². The minimum Gasteiger partial charge on any atom is -0.395 e. The van der Waals surface area contributed by atoms with E-state index in [1.165, 1.54) is 0 Å². The molecule has 0 unspecified atom stereocenters. The molecular formula is C9H14N4OS. The highest BCUT2D eigenvalue weighted by Crippen LogP contribution is 2.17. The highest BCUT2D eigenvalue weighted by molar-refractivity contribution is 7.99. The lowest BCUT2D eigenvalue weighted by molar-refractivity contribution is 0.0767. The highest BCUT2D eigenvalue weighted by Gasteiger charge is 2.23. The molecule has 0 aromatic carbocycles. The van der Waals surface area contributed by atoms with Crippen LogP contribution in [-0.2, 0) is 0 Å². The van der Waals surface area contributed by atoms with Crippen LogP contribution in [0, 0.1) is 6.92 Å². The minimum absolute atomic E-state index is 0.0582. The lowest BCUT2D eigenvalue weighted by atomic mass is 10.2. The number of aryl methyl sites for hydroxylation is 1. The molecule has 15 heavy (non-hydrogen) atoms. The van der Waals surface area contributed by atoms with Crippen molar-refractivity contribution >= 4 is 23.4 Å². The number of amides is 1. The summed E-state index contributed by atoms with van der Waals surface area (Å²) < 4.78 is 0. The zero-order valence-corrected chi connectivity index (χ0v) is 9.43. The number of nitrogen functional groups attached to an aromatic ring is 1. The quantitative estimate of drug-likeness (QED) is 0.730. The smallest absolute Gasteiger partial charge is 0.276 e. The molecule has 0 bridgehead atoms. The molecule has 82 valence electrons. The summed E-state index contributed by atoms with van der Waals surface area (Å²) in [5.74, 6) is 1.93. The molecule has 2 rings (SSSR count). The molecule has 1 fully saturated rings. The molecule has 5 nitrogen and oxygen atoms in total. The predicted octanol–water partition coefficient (Wildman–Crippen LogP) is 0.489. The van der Waals surface area contributed by atoms with Crippen molar-refractivity contribution in [2.75, 3.05) is 30.3 Å². The third-order valence-electron chi connectivity index (χ3n) is 2.50. The van der Waals surface area contributed by atoms with Crippen LogP contribution >= 0.6 is 11.8 Å². The molecule has 0 atom stereocenters. The van der Waals surface area contributed by atoms with Crippen LogP contribution in [0.15, 0.2) is 0 Å². The molecule has 1 aliphatic rings.